The monoisotopic (exact) mass is 345 g/mol. The summed E-state index contributed by atoms with van der Waals surface area (Å²) in [4.78, 5) is 21.9. The summed E-state index contributed by atoms with van der Waals surface area (Å²) in [5.74, 6) is -0.202. The summed E-state index contributed by atoms with van der Waals surface area (Å²) < 4.78 is 10.1. The van der Waals surface area contributed by atoms with Gasteiger partial charge < -0.3 is 14.6 Å². The molecular formula is C16H15N3O6. The molecule has 130 valence electrons. The molecule has 0 aliphatic rings. The highest BCUT2D eigenvalue weighted by Gasteiger charge is 2.14. The van der Waals surface area contributed by atoms with E-state index in [2.05, 4.69) is 10.5 Å². The Morgan fingerprint density at radius 2 is 2.12 bits per heavy atom. The van der Waals surface area contributed by atoms with Crippen LogP contribution in [0.3, 0.4) is 0 Å². The number of hydrogen-bond donors (Lipinski definition) is 2. The number of hydrazone groups is 1. The number of aromatic hydroxyl groups is 1. The zero-order valence-corrected chi connectivity index (χ0v) is 13.2. The number of carbonyl (C=O) groups is 1. The van der Waals surface area contributed by atoms with Gasteiger partial charge in [0.15, 0.2) is 12.4 Å². The molecule has 0 unspecified atom stereocenters. The summed E-state index contributed by atoms with van der Waals surface area (Å²) in [5, 5.41) is 24.3. The first-order valence-electron chi connectivity index (χ1n) is 7.06. The van der Waals surface area contributed by atoms with Crippen LogP contribution in [-0.2, 0) is 4.79 Å². The van der Waals surface area contributed by atoms with Crippen molar-refractivity contribution in [3.63, 3.8) is 0 Å². The maximum atomic E-state index is 11.7. The number of hydrogen-bond acceptors (Lipinski definition) is 7. The lowest BCUT2D eigenvalue weighted by molar-refractivity contribution is -0.385. The van der Waals surface area contributed by atoms with Crippen molar-refractivity contribution in [2.45, 2.75) is 0 Å². The van der Waals surface area contributed by atoms with Crippen molar-refractivity contribution in [3.8, 4) is 17.2 Å². The number of phenolic OH excluding ortho intramolecular Hbond substituents is 1. The Bertz CT molecular complexity index is 806. The first-order valence-corrected chi connectivity index (χ1v) is 7.06. The Morgan fingerprint density at radius 1 is 1.36 bits per heavy atom. The van der Waals surface area contributed by atoms with Crippen LogP contribution in [0.15, 0.2) is 47.6 Å². The van der Waals surface area contributed by atoms with Gasteiger partial charge in [-0.2, -0.15) is 5.10 Å². The number of benzene rings is 2. The van der Waals surface area contributed by atoms with Gasteiger partial charge in [-0.25, -0.2) is 5.43 Å². The fourth-order valence-electron chi connectivity index (χ4n) is 1.84. The van der Waals surface area contributed by atoms with Gasteiger partial charge in [0.25, 0.3) is 5.91 Å². The molecule has 0 aliphatic heterocycles. The van der Waals surface area contributed by atoms with Crippen molar-refractivity contribution in [3.05, 3.63) is 58.1 Å². The topological polar surface area (TPSA) is 123 Å². The Morgan fingerprint density at radius 3 is 2.80 bits per heavy atom. The van der Waals surface area contributed by atoms with Crippen molar-refractivity contribution >= 4 is 17.8 Å². The SMILES string of the molecule is COc1ccc(C=NNC(=O)COc2ccccc2[N+](=O)[O-])c(O)c1. The van der Waals surface area contributed by atoms with Crippen molar-refractivity contribution in [1.29, 1.82) is 0 Å². The number of carbonyl (C=O) groups excluding carboxylic acids is 1. The van der Waals surface area contributed by atoms with Crippen molar-refractivity contribution in [1.82, 2.24) is 5.43 Å². The number of nitrogens with one attached hydrogen (secondary N) is 1. The van der Waals surface area contributed by atoms with E-state index in [0.717, 1.165) is 0 Å². The maximum absolute atomic E-state index is 11.7. The second kappa shape index (κ2) is 8.29. The Hall–Kier alpha value is -3.62. The first-order chi connectivity index (χ1) is 12.0. The molecule has 0 spiro atoms. The third kappa shape index (κ3) is 4.93. The lowest BCUT2D eigenvalue weighted by Crippen LogP contribution is -2.24. The molecule has 25 heavy (non-hydrogen) atoms. The fraction of sp³-hybridized carbons (Fsp3) is 0.125. The predicted molar refractivity (Wildman–Crippen MR) is 89.0 cm³/mol. The molecule has 0 bridgehead atoms. The van der Waals surface area contributed by atoms with Crippen LogP contribution in [0.5, 0.6) is 17.2 Å². The number of nitrogens with zero attached hydrogens (tertiary/aromatic N) is 2. The highest BCUT2D eigenvalue weighted by Crippen LogP contribution is 2.25. The van der Waals surface area contributed by atoms with Gasteiger partial charge in [0.1, 0.15) is 11.5 Å². The molecular weight excluding hydrogens is 330 g/mol. The van der Waals surface area contributed by atoms with Crippen LogP contribution in [0.4, 0.5) is 5.69 Å². The van der Waals surface area contributed by atoms with Gasteiger partial charge in [-0.05, 0) is 18.2 Å². The summed E-state index contributed by atoms with van der Waals surface area (Å²) in [6, 6.07) is 10.3. The lowest BCUT2D eigenvalue weighted by atomic mass is 10.2. The third-order valence-electron chi connectivity index (χ3n) is 3.05. The Labute approximate surface area is 142 Å². The molecule has 1 amide bonds. The fourth-order valence-corrected chi connectivity index (χ4v) is 1.84. The van der Waals surface area contributed by atoms with Gasteiger partial charge in [-0.3, -0.25) is 14.9 Å². The molecule has 2 aromatic carbocycles. The van der Waals surface area contributed by atoms with E-state index in [1.54, 1.807) is 18.2 Å². The number of nitro groups is 1. The molecule has 9 heteroatoms. The normalized spacial score (nSPS) is 10.4. The summed E-state index contributed by atoms with van der Waals surface area (Å²) in [5.41, 5.74) is 2.34. The van der Waals surface area contributed by atoms with Gasteiger partial charge in [-0.15, -0.1) is 0 Å². The highest BCUT2D eigenvalue weighted by atomic mass is 16.6. The number of methoxy groups -OCH3 is 1. The number of phenols is 1. The highest BCUT2D eigenvalue weighted by molar-refractivity contribution is 5.85. The summed E-state index contributed by atoms with van der Waals surface area (Å²) in [6.45, 7) is -0.448. The molecule has 0 radical (unpaired) electrons. The molecule has 2 N–H and O–H groups in total. The molecule has 0 saturated carbocycles. The van der Waals surface area contributed by atoms with E-state index in [1.165, 1.54) is 37.6 Å². The van der Waals surface area contributed by atoms with Crippen LogP contribution in [-0.4, -0.2) is 35.9 Å². The van der Waals surface area contributed by atoms with E-state index in [1.807, 2.05) is 0 Å². The van der Waals surface area contributed by atoms with Gasteiger partial charge in [0, 0.05) is 17.7 Å². The second-order valence-electron chi connectivity index (χ2n) is 4.73. The van der Waals surface area contributed by atoms with Gasteiger partial charge in [0.05, 0.1) is 18.2 Å². The van der Waals surface area contributed by atoms with Crippen LogP contribution in [0.1, 0.15) is 5.56 Å². The lowest BCUT2D eigenvalue weighted by Gasteiger charge is -2.05. The van der Waals surface area contributed by atoms with Crippen molar-refractivity contribution in [2.75, 3.05) is 13.7 Å². The van der Waals surface area contributed by atoms with E-state index in [4.69, 9.17) is 9.47 Å². The predicted octanol–water partition coefficient (Wildman–Crippen LogP) is 1.84. The van der Waals surface area contributed by atoms with Gasteiger partial charge in [0.2, 0.25) is 0 Å². The summed E-state index contributed by atoms with van der Waals surface area (Å²) in [7, 11) is 1.47. The Balaban J connectivity index is 1.90. The quantitative estimate of drug-likeness (QED) is 0.448. The minimum atomic E-state index is -0.609. The smallest absolute Gasteiger partial charge is 0.310 e. The maximum Gasteiger partial charge on any atom is 0.310 e. The molecule has 0 aromatic heterocycles. The molecule has 9 nitrogen and oxygen atoms in total. The van der Waals surface area contributed by atoms with Gasteiger partial charge in [-0.1, -0.05) is 12.1 Å². The van der Waals surface area contributed by atoms with Crippen LogP contribution in [0.2, 0.25) is 0 Å². The van der Waals surface area contributed by atoms with E-state index in [9.17, 15) is 20.0 Å². The Kier molecular flexibility index (Phi) is 5.88. The molecule has 0 saturated heterocycles. The van der Waals surface area contributed by atoms with Crippen LogP contribution >= 0.6 is 0 Å². The minimum Gasteiger partial charge on any atom is -0.507 e. The zero-order chi connectivity index (χ0) is 18.2. The van der Waals surface area contributed by atoms with Crippen molar-refractivity contribution in [2.24, 2.45) is 5.10 Å². The third-order valence-corrected chi connectivity index (χ3v) is 3.05. The standard InChI is InChI=1S/C16H15N3O6/c1-24-12-7-6-11(14(20)8-12)9-17-18-16(21)10-25-15-5-3-2-4-13(15)19(22)23/h2-9,20H,10H2,1H3,(H,18,21). The molecule has 2 aromatic rings. The number of rotatable bonds is 7. The number of nitro benzene ring substituents is 1. The number of para-hydroxylation sites is 2. The van der Waals surface area contributed by atoms with Gasteiger partial charge >= 0.3 is 5.69 Å². The van der Waals surface area contributed by atoms with Crippen LogP contribution in [0, 0.1) is 10.1 Å². The minimum absolute atomic E-state index is 0.0144. The largest absolute Gasteiger partial charge is 0.507 e. The molecule has 0 atom stereocenters. The number of ether oxygens (including phenoxy) is 2. The van der Waals surface area contributed by atoms with E-state index in [0.29, 0.717) is 11.3 Å². The van der Waals surface area contributed by atoms with E-state index < -0.39 is 17.4 Å². The zero-order valence-electron chi connectivity index (χ0n) is 13.2. The molecule has 0 heterocycles. The van der Waals surface area contributed by atoms with Crippen LogP contribution < -0.4 is 14.9 Å². The summed E-state index contributed by atoms with van der Waals surface area (Å²) >= 11 is 0. The van der Waals surface area contributed by atoms with Crippen molar-refractivity contribution < 1.29 is 24.3 Å². The average Bonchev–Trinajstić information content (AvgIpc) is 2.61. The van der Waals surface area contributed by atoms with E-state index in [-0.39, 0.29) is 17.2 Å². The van der Waals surface area contributed by atoms with Crippen LogP contribution in [0.25, 0.3) is 0 Å². The molecule has 0 aliphatic carbocycles. The first kappa shape index (κ1) is 17.7. The molecule has 2 rings (SSSR count). The average molecular weight is 345 g/mol. The van der Waals surface area contributed by atoms with E-state index >= 15 is 0 Å². The molecule has 0 fully saturated rings. The summed E-state index contributed by atoms with van der Waals surface area (Å²) in [6.07, 6.45) is 1.25. The number of amides is 1. The second-order valence-corrected chi connectivity index (χ2v) is 4.73.